The normalized spacial score (nSPS) is 14.6. The average molecular weight is 380 g/mol. The van der Waals surface area contributed by atoms with Gasteiger partial charge in [0.2, 0.25) is 5.91 Å². The summed E-state index contributed by atoms with van der Waals surface area (Å²) in [5, 5.41) is 5.83. The summed E-state index contributed by atoms with van der Waals surface area (Å²) in [7, 11) is 0. The minimum absolute atomic E-state index is 0.0382. The molecule has 2 aromatic rings. The van der Waals surface area contributed by atoms with E-state index >= 15 is 0 Å². The first-order valence-corrected chi connectivity index (χ1v) is 9.89. The highest BCUT2D eigenvalue weighted by atomic mass is 16.2. The fraction of sp³-hybridized carbons (Fsp3) is 0.409. The van der Waals surface area contributed by atoms with Crippen molar-refractivity contribution in [3.63, 3.8) is 0 Å². The summed E-state index contributed by atoms with van der Waals surface area (Å²) in [5.41, 5.74) is 2.90. The van der Waals surface area contributed by atoms with Crippen LogP contribution in [0.4, 0.5) is 5.82 Å². The smallest absolute Gasteiger partial charge is 0.252 e. The van der Waals surface area contributed by atoms with E-state index in [0.717, 1.165) is 37.3 Å². The number of anilines is 1. The van der Waals surface area contributed by atoms with Gasteiger partial charge in [-0.1, -0.05) is 29.8 Å². The molecule has 6 nitrogen and oxygen atoms in total. The van der Waals surface area contributed by atoms with Gasteiger partial charge in [-0.15, -0.1) is 0 Å². The van der Waals surface area contributed by atoms with E-state index in [1.165, 1.54) is 5.56 Å². The zero-order valence-corrected chi connectivity index (χ0v) is 16.6. The molecule has 1 saturated heterocycles. The molecule has 1 aliphatic rings. The van der Waals surface area contributed by atoms with E-state index in [0.29, 0.717) is 18.7 Å². The Morgan fingerprint density at radius 2 is 1.79 bits per heavy atom. The summed E-state index contributed by atoms with van der Waals surface area (Å²) in [6.07, 6.45) is 3.22. The molecule has 0 bridgehead atoms. The zero-order chi connectivity index (χ0) is 19.9. The number of aryl methyl sites for hydroxylation is 1. The first-order chi connectivity index (χ1) is 13.6. The van der Waals surface area contributed by atoms with Crippen molar-refractivity contribution in [1.82, 2.24) is 15.6 Å². The third-order valence-electron chi connectivity index (χ3n) is 5.12. The number of benzene rings is 1. The highest BCUT2D eigenvalue weighted by Crippen LogP contribution is 2.22. The molecule has 0 aliphatic carbocycles. The number of piperidine rings is 1. The van der Waals surface area contributed by atoms with E-state index in [1.807, 2.05) is 25.1 Å². The number of hydrogen-bond acceptors (Lipinski definition) is 4. The number of aromatic nitrogens is 1. The Balaban J connectivity index is 1.47. The summed E-state index contributed by atoms with van der Waals surface area (Å²) < 4.78 is 0. The van der Waals surface area contributed by atoms with Crippen LogP contribution in [0.1, 0.15) is 41.3 Å². The SMILES string of the molecule is CCNC(=O)c1ccc(N2CCC(C(=O)NCc3ccc(C)cc3)CC2)nc1. The van der Waals surface area contributed by atoms with Crippen LogP contribution in [0.3, 0.4) is 0 Å². The molecule has 0 spiro atoms. The van der Waals surface area contributed by atoms with Crippen LogP contribution in [0.25, 0.3) is 0 Å². The number of nitrogens with one attached hydrogen (secondary N) is 2. The molecule has 0 saturated carbocycles. The molecule has 0 radical (unpaired) electrons. The van der Waals surface area contributed by atoms with Gasteiger partial charge in [-0.05, 0) is 44.4 Å². The van der Waals surface area contributed by atoms with Gasteiger partial charge in [-0.3, -0.25) is 9.59 Å². The lowest BCUT2D eigenvalue weighted by Gasteiger charge is -2.32. The summed E-state index contributed by atoms with van der Waals surface area (Å²) in [6, 6.07) is 11.9. The van der Waals surface area contributed by atoms with Gasteiger partial charge in [0.1, 0.15) is 5.82 Å². The van der Waals surface area contributed by atoms with Crippen LogP contribution in [0.2, 0.25) is 0 Å². The predicted molar refractivity (Wildman–Crippen MR) is 110 cm³/mol. The number of carbonyl (C=O) groups excluding carboxylic acids is 2. The van der Waals surface area contributed by atoms with Crippen LogP contribution in [0.15, 0.2) is 42.6 Å². The maximum atomic E-state index is 12.5. The Morgan fingerprint density at radius 3 is 2.39 bits per heavy atom. The van der Waals surface area contributed by atoms with Gasteiger partial charge < -0.3 is 15.5 Å². The molecule has 1 aliphatic heterocycles. The lowest BCUT2D eigenvalue weighted by atomic mass is 9.95. The molecule has 2 heterocycles. The number of amides is 2. The fourth-order valence-electron chi connectivity index (χ4n) is 3.38. The number of rotatable bonds is 6. The molecular formula is C22H28N4O2. The van der Waals surface area contributed by atoms with Gasteiger partial charge >= 0.3 is 0 Å². The Kier molecular flexibility index (Phi) is 6.63. The second kappa shape index (κ2) is 9.35. The van der Waals surface area contributed by atoms with Crippen molar-refractivity contribution in [2.75, 3.05) is 24.5 Å². The maximum absolute atomic E-state index is 12.5. The van der Waals surface area contributed by atoms with Crippen molar-refractivity contribution in [2.45, 2.75) is 33.2 Å². The van der Waals surface area contributed by atoms with Crippen molar-refractivity contribution in [2.24, 2.45) is 5.92 Å². The van der Waals surface area contributed by atoms with E-state index in [2.05, 4.69) is 39.6 Å². The van der Waals surface area contributed by atoms with Crippen molar-refractivity contribution in [3.05, 3.63) is 59.3 Å². The number of nitrogens with zero attached hydrogens (tertiary/aromatic N) is 2. The highest BCUT2D eigenvalue weighted by molar-refractivity contribution is 5.94. The van der Waals surface area contributed by atoms with E-state index in [9.17, 15) is 9.59 Å². The Labute approximate surface area is 166 Å². The second-order valence-corrected chi connectivity index (χ2v) is 7.23. The molecule has 1 fully saturated rings. The van der Waals surface area contributed by atoms with Crippen LogP contribution < -0.4 is 15.5 Å². The van der Waals surface area contributed by atoms with Crippen molar-refractivity contribution >= 4 is 17.6 Å². The molecule has 6 heteroatoms. The standard InChI is InChI=1S/C22H28N4O2/c1-3-23-22(28)19-8-9-20(24-15-19)26-12-10-18(11-13-26)21(27)25-14-17-6-4-16(2)5-7-17/h4-9,15,18H,3,10-14H2,1-2H3,(H,23,28)(H,25,27). The first kappa shape index (κ1) is 19.9. The predicted octanol–water partition coefficient (Wildman–Crippen LogP) is 2.67. The summed E-state index contributed by atoms with van der Waals surface area (Å²) in [5.74, 6) is 0.910. The van der Waals surface area contributed by atoms with Gasteiger partial charge in [0.25, 0.3) is 5.91 Å². The van der Waals surface area contributed by atoms with Gasteiger partial charge in [0, 0.05) is 38.3 Å². The molecular weight excluding hydrogens is 352 g/mol. The molecule has 1 aromatic carbocycles. The molecule has 0 unspecified atom stereocenters. The summed E-state index contributed by atoms with van der Waals surface area (Å²) in [4.78, 5) is 30.9. The van der Waals surface area contributed by atoms with Gasteiger partial charge in [0.15, 0.2) is 0 Å². The van der Waals surface area contributed by atoms with Gasteiger partial charge in [-0.2, -0.15) is 0 Å². The van der Waals surface area contributed by atoms with Crippen LogP contribution in [-0.4, -0.2) is 36.4 Å². The lowest BCUT2D eigenvalue weighted by molar-refractivity contribution is -0.125. The Morgan fingerprint density at radius 1 is 1.07 bits per heavy atom. The molecule has 0 atom stereocenters. The summed E-state index contributed by atoms with van der Waals surface area (Å²) >= 11 is 0. The average Bonchev–Trinajstić information content (AvgIpc) is 2.73. The first-order valence-electron chi connectivity index (χ1n) is 9.89. The number of carbonyl (C=O) groups is 2. The Bertz CT molecular complexity index is 794. The van der Waals surface area contributed by atoms with E-state index in [1.54, 1.807) is 12.3 Å². The van der Waals surface area contributed by atoms with Crippen LogP contribution in [-0.2, 0) is 11.3 Å². The summed E-state index contributed by atoms with van der Waals surface area (Å²) in [6.45, 7) is 6.69. The molecule has 148 valence electrons. The number of hydrogen-bond donors (Lipinski definition) is 2. The van der Waals surface area contributed by atoms with Crippen LogP contribution in [0, 0.1) is 12.8 Å². The van der Waals surface area contributed by atoms with Gasteiger partial charge in [0.05, 0.1) is 5.56 Å². The second-order valence-electron chi connectivity index (χ2n) is 7.23. The highest BCUT2D eigenvalue weighted by Gasteiger charge is 2.25. The van der Waals surface area contributed by atoms with E-state index < -0.39 is 0 Å². The molecule has 28 heavy (non-hydrogen) atoms. The van der Waals surface area contributed by atoms with Crippen LogP contribution >= 0.6 is 0 Å². The Hall–Kier alpha value is -2.89. The van der Waals surface area contributed by atoms with Crippen molar-refractivity contribution in [1.29, 1.82) is 0 Å². The van der Waals surface area contributed by atoms with E-state index in [-0.39, 0.29) is 17.7 Å². The lowest BCUT2D eigenvalue weighted by Crippen LogP contribution is -2.40. The largest absolute Gasteiger partial charge is 0.357 e. The van der Waals surface area contributed by atoms with Crippen molar-refractivity contribution < 1.29 is 9.59 Å². The monoisotopic (exact) mass is 380 g/mol. The van der Waals surface area contributed by atoms with Gasteiger partial charge in [-0.25, -0.2) is 4.98 Å². The quantitative estimate of drug-likeness (QED) is 0.808. The minimum Gasteiger partial charge on any atom is -0.357 e. The zero-order valence-electron chi connectivity index (χ0n) is 16.6. The molecule has 2 N–H and O–H groups in total. The minimum atomic E-state index is -0.106. The van der Waals surface area contributed by atoms with E-state index in [4.69, 9.17) is 0 Å². The number of pyridine rings is 1. The fourth-order valence-corrected chi connectivity index (χ4v) is 3.38. The molecule has 1 aromatic heterocycles. The molecule has 2 amide bonds. The molecule has 3 rings (SSSR count). The van der Waals surface area contributed by atoms with Crippen LogP contribution in [0.5, 0.6) is 0 Å². The third-order valence-corrected chi connectivity index (χ3v) is 5.12. The topological polar surface area (TPSA) is 74.3 Å². The van der Waals surface area contributed by atoms with Crippen molar-refractivity contribution in [3.8, 4) is 0 Å². The maximum Gasteiger partial charge on any atom is 0.252 e. The third kappa shape index (κ3) is 5.09.